The van der Waals surface area contributed by atoms with E-state index < -0.39 is 16.1 Å². The van der Waals surface area contributed by atoms with Gasteiger partial charge in [-0.2, -0.15) is 0 Å². The van der Waals surface area contributed by atoms with Crippen molar-refractivity contribution in [3.05, 3.63) is 138 Å². The first-order valence-corrected chi connectivity index (χ1v) is 29.1. The lowest BCUT2D eigenvalue weighted by Gasteiger charge is -2.53. The molecule has 3 nitrogen and oxygen atoms in total. The molecule has 6 aromatic rings. The molecule has 0 N–H and O–H groups in total. The Labute approximate surface area is 356 Å². The fraction of sp³-hybridized carbons (Fsp3) is 0.321. The van der Waals surface area contributed by atoms with Crippen LogP contribution in [0.3, 0.4) is 0 Å². The van der Waals surface area contributed by atoms with Crippen molar-refractivity contribution in [1.82, 2.24) is 0 Å². The predicted molar refractivity (Wildman–Crippen MR) is 263 cm³/mol. The highest BCUT2D eigenvalue weighted by Crippen LogP contribution is 2.62. The Bertz CT molecular complexity index is 2620. The van der Waals surface area contributed by atoms with E-state index in [1.54, 1.807) is 5.56 Å². The van der Waals surface area contributed by atoms with Gasteiger partial charge in [0.1, 0.15) is 0 Å². The lowest BCUT2D eigenvalue weighted by atomic mass is 9.33. The lowest BCUT2D eigenvalue weighted by Crippen LogP contribution is -2.64. The van der Waals surface area contributed by atoms with E-state index in [1.165, 1.54) is 115 Å². The molecule has 1 fully saturated rings. The number of nitrogens with zero attached hydrogens (tertiary/aromatic N) is 3. The molecule has 3 aliphatic heterocycles. The van der Waals surface area contributed by atoms with Crippen molar-refractivity contribution in [2.75, 3.05) is 14.7 Å². The van der Waals surface area contributed by atoms with Crippen molar-refractivity contribution in [3.63, 3.8) is 0 Å². The summed E-state index contributed by atoms with van der Waals surface area (Å²) < 4.78 is 0. The Morgan fingerprint density at radius 3 is 1.80 bits per heavy atom. The molecule has 1 saturated carbocycles. The first-order chi connectivity index (χ1) is 28.0. The standard InChI is InChI=1S/C53H60BN3Si2/c1-35-15-14-16-40(29-35)56-47-32-36(2)17-26-45(47)54-46-31-37(3)30-44-51(46)57(53(5)28-13-12-27-52(44,53)4)49-34-41(33-48(56)50(49)54)55(38-18-22-42(23-19-38)58(6,7)8)39-20-24-43(25-21-39)59(9,10)11/h14-26,29-34H,12-13,27-28H2,1-11H3. The molecule has 0 amide bonds. The normalized spacial score (nSPS) is 20.2. The van der Waals surface area contributed by atoms with Gasteiger partial charge in [-0.1, -0.05) is 136 Å². The average Bonchev–Trinajstić information content (AvgIpc) is 3.39. The van der Waals surface area contributed by atoms with Crippen LogP contribution in [0.5, 0.6) is 0 Å². The Morgan fingerprint density at radius 2 is 1.17 bits per heavy atom. The van der Waals surface area contributed by atoms with Crippen molar-refractivity contribution >= 4 is 95.1 Å². The summed E-state index contributed by atoms with van der Waals surface area (Å²) >= 11 is 0. The van der Waals surface area contributed by atoms with Gasteiger partial charge in [-0.25, -0.2) is 0 Å². The molecule has 10 rings (SSSR count). The molecule has 298 valence electrons. The van der Waals surface area contributed by atoms with Crippen molar-refractivity contribution in [2.45, 2.75) is 111 Å². The monoisotopic (exact) mass is 805 g/mol. The Balaban J connectivity index is 1.32. The van der Waals surface area contributed by atoms with Gasteiger partial charge in [-0.15, -0.1) is 0 Å². The minimum absolute atomic E-state index is 0.0448. The number of aryl methyl sites for hydroxylation is 3. The number of hydrogen-bond donors (Lipinski definition) is 0. The van der Waals surface area contributed by atoms with E-state index in [2.05, 4.69) is 204 Å². The van der Waals surface area contributed by atoms with Gasteiger partial charge in [-0.05, 0) is 128 Å². The van der Waals surface area contributed by atoms with Crippen LogP contribution in [0.25, 0.3) is 0 Å². The molecule has 0 bridgehead atoms. The zero-order chi connectivity index (χ0) is 41.4. The largest absolute Gasteiger partial charge is 0.335 e. The molecular weight excluding hydrogens is 746 g/mol. The third kappa shape index (κ3) is 5.72. The molecule has 4 aliphatic rings. The Morgan fingerprint density at radius 1 is 0.559 bits per heavy atom. The van der Waals surface area contributed by atoms with Crippen LogP contribution in [0.2, 0.25) is 39.3 Å². The van der Waals surface area contributed by atoms with E-state index in [-0.39, 0.29) is 17.7 Å². The zero-order valence-corrected chi connectivity index (χ0v) is 39.2. The molecule has 6 heteroatoms. The van der Waals surface area contributed by atoms with Crippen LogP contribution >= 0.6 is 0 Å². The first-order valence-electron chi connectivity index (χ1n) is 22.1. The quantitative estimate of drug-likeness (QED) is 0.155. The van der Waals surface area contributed by atoms with E-state index in [1.807, 2.05) is 0 Å². The molecule has 0 aromatic heterocycles. The first kappa shape index (κ1) is 38.4. The van der Waals surface area contributed by atoms with Gasteiger partial charge in [0.15, 0.2) is 0 Å². The van der Waals surface area contributed by atoms with E-state index >= 15 is 0 Å². The van der Waals surface area contributed by atoms with Crippen molar-refractivity contribution in [2.24, 2.45) is 0 Å². The molecule has 2 unspecified atom stereocenters. The summed E-state index contributed by atoms with van der Waals surface area (Å²) in [7, 11) is -3.02. The summed E-state index contributed by atoms with van der Waals surface area (Å²) in [6, 6.07) is 45.8. The molecule has 3 heterocycles. The van der Waals surface area contributed by atoms with Gasteiger partial charge in [0.2, 0.25) is 0 Å². The average molecular weight is 806 g/mol. The molecule has 0 spiro atoms. The number of rotatable bonds is 6. The highest BCUT2D eigenvalue weighted by molar-refractivity contribution is 7.00. The van der Waals surface area contributed by atoms with Crippen LogP contribution in [0.4, 0.5) is 45.5 Å². The lowest BCUT2D eigenvalue weighted by molar-refractivity contribution is 0.195. The molecule has 2 atom stereocenters. The molecule has 1 aliphatic carbocycles. The van der Waals surface area contributed by atoms with Crippen molar-refractivity contribution in [3.8, 4) is 0 Å². The smallest absolute Gasteiger partial charge is 0.252 e. The number of fused-ring (bicyclic) bond motifs is 7. The van der Waals surface area contributed by atoms with Gasteiger partial charge in [0.05, 0.1) is 27.4 Å². The van der Waals surface area contributed by atoms with Gasteiger partial charge in [-0.3, -0.25) is 0 Å². The summed E-state index contributed by atoms with van der Waals surface area (Å²) in [5, 5.41) is 2.97. The fourth-order valence-electron chi connectivity index (χ4n) is 11.4. The maximum atomic E-state index is 2.88. The highest BCUT2D eigenvalue weighted by Gasteiger charge is 2.61. The highest BCUT2D eigenvalue weighted by atomic mass is 28.3. The zero-order valence-electron chi connectivity index (χ0n) is 37.2. The molecule has 59 heavy (non-hydrogen) atoms. The fourth-order valence-corrected chi connectivity index (χ4v) is 13.8. The van der Waals surface area contributed by atoms with E-state index in [0.717, 1.165) is 0 Å². The predicted octanol–water partition coefficient (Wildman–Crippen LogP) is 11.5. The van der Waals surface area contributed by atoms with Crippen LogP contribution in [-0.4, -0.2) is 28.4 Å². The summed E-state index contributed by atoms with van der Waals surface area (Å²) in [4.78, 5) is 8.04. The maximum absolute atomic E-state index is 2.88. The summed E-state index contributed by atoms with van der Waals surface area (Å²) in [5.74, 6) is 0. The second kappa shape index (κ2) is 13.1. The van der Waals surface area contributed by atoms with E-state index in [0.29, 0.717) is 0 Å². The minimum Gasteiger partial charge on any atom is -0.335 e. The van der Waals surface area contributed by atoms with Crippen LogP contribution < -0.4 is 41.5 Å². The summed E-state index contributed by atoms with van der Waals surface area (Å²) in [5.41, 5.74) is 20.0. The Hall–Kier alpha value is -4.78. The number of anilines is 8. The second-order valence-electron chi connectivity index (χ2n) is 20.9. The minimum atomic E-state index is -1.51. The van der Waals surface area contributed by atoms with Crippen LogP contribution in [0.15, 0.2) is 115 Å². The SMILES string of the molecule is Cc1cccc(N2c3cc(C)ccc3B3c4cc(C)cc5c4N(c4cc(N(c6ccc([Si](C)(C)C)cc6)c6ccc([Si](C)(C)C)cc6)cc2c43)C2(C)CCCCC52C)c1. The summed E-state index contributed by atoms with van der Waals surface area (Å²) in [6.45, 7) is 26.8. The summed E-state index contributed by atoms with van der Waals surface area (Å²) in [6.07, 6.45) is 4.93. The Kier molecular flexibility index (Phi) is 8.54. The van der Waals surface area contributed by atoms with Crippen molar-refractivity contribution in [1.29, 1.82) is 0 Å². The van der Waals surface area contributed by atoms with Crippen LogP contribution in [0, 0.1) is 20.8 Å². The molecule has 0 saturated heterocycles. The molecule has 0 radical (unpaired) electrons. The van der Waals surface area contributed by atoms with Gasteiger partial charge in [0.25, 0.3) is 6.71 Å². The third-order valence-corrected chi connectivity index (χ3v) is 18.9. The maximum Gasteiger partial charge on any atom is 0.252 e. The van der Waals surface area contributed by atoms with Crippen LogP contribution in [0.1, 0.15) is 61.8 Å². The molecular formula is C53H60BN3Si2. The van der Waals surface area contributed by atoms with Crippen molar-refractivity contribution < 1.29 is 0 Å². The van der Waals surface area contributed by atoms with Crippen LogP contribution in [-0.2, 0) is 5.41 Å². The van der Waals surface area contributed by atoms with Gasteiger partial charge >= 0.3 is 0 Å². The van der Waals surface area contributed by atoms with E-state index in [4.69, 9.17) is 0 Å². The van der Waals surface area contributed by atoms with Gasteiger partial charge in [0, 0.05) is 45.2 Å². The topological polar surface area (TPSA) is 9.72 Å². The van der Waals surface area contributed by atoms with Gasteiger partial charge < -0.3 is 14.7 Å². The van der Waals surface area contributed by atoms with E-state index in [9.17, 15) is 0 Å². The number of hydrogen-bond acceptors (Lipinski definition) is 3. The molecule has 6 aromatic carbocycles. The third-order valence-electron chi connectivity index (χ3n) is 14.8. The second-order valence-corrected chi connectivity index (χ2v) is 31.1. The number of benzene rings is 6.